The van der Waals surface area contributed by atoms with Crippen molar-refractivity contribution in [3.63, 3.8) is 0 Å². The van der Waals surface area contributed by atoms with Gasteiger partial charge in [0.05, 0.1) is 4.90 Å². The average Bonchev–Trinajstić information content (AvgIpc) is 3.06. The molecule has 0 saturated heterocycles. The fourth-order valence-corrected chi connectivity index (χ4v) is 3.52. The second-order valence-electron chi connectivity index (χ2n) is 5.10. The Morgan fingerprint density at radius 1 is 1.20 bits per heavy atom. The van der Waals surface area contributed by atoms with Crippen molar-refractivity contribution in [1.29, 1.82) is 0 Å². The number of rotatable bonds is 5. The third-order valence-corrected chi connectivity index (χ3v) is 5.94. The normalized spacial score (nSPS) is 11.6. The zero-order valence-electron chi connectivity index (χ0n) is 13.6. The number of hydrogen-bond acceptors (Lipinski definition) is 5. The molecule has 2 aromatic rings. The second-order valence-corrected chi connectivity index (χ2v) is 8.64. The predicted octanol–water partition coefficient (Wildman–Crippen LogP) is 2.52. The van der Waals surface area contributed by atoms with Crippen molar-refractivity contribution in [1.82, 2.24) is 9.62 Å². The van der Waals surface area contributed by atoms with Crippen molar-refractivity contribution < 1.29 is 13.2 Å². The Labute approximate surface area is 156 Å². The highest BCUT2D eigenvalue weighted by atomic mass is 32.2. The summed E-state index contributed by atoms with van der Waals surface area (Å²) >= 11 is 6.60. The lowest BCUT2D eigenvalue weighted by Crippen LogP contribution is -2.32. The van der Waals surface area contributed by atoms with Crippen LogP contribution in [0.15, 0.2) is 52.7 Å². The molecule has 0 aliphatic rings. The molecule has 0 saturated carbocycles. The topological polar surface area (TPSA) is 78.5 Å². The van der Waals surface area contributed by atoms with Gasteiger partial charge < -0.3 is 5.32 Å². The van der Waals surface area contributed by atoms with Crippen molar-refractivity contribution in [2.75, 3.05) is 19.4 Å². The first-order valence-electron chi connectivity index (χ1n) is 7.15. The summed E-state index contributed by atoms with van der Waals surface area (Å²) in [6.45, 7) is 0. The molecule has 2 rings (SSSR count). The lowest BCUT2D eigenvalue weighted by atomic mass is 10.3. The number of nitrogens with zero attached hydrogens (tertiary/aromatic N) is 1. The second kappa shape index (κ2) is 8.34. The molecule has 6 nitrogen and oxygen atoms in total. The Bertz CT molecular complexity index is 871. The highest BCUT2D eigenvalue weighted by molar-refractivity contribution is 7.89. The van der Waals surface area contributed by atoms with Crippen LogP contribution in [0.3, 0.4) is 0 Å². The number of anilines is 1. The molecule has 0 unspecified atom stereocenters. The molecule has 0 bridgehead atoms. The van der Waals surface area contributed by atoms with Gasteiger partial charge in [0.25, 0.3) is 0 Å². The van der Waals surface area contributed by atoms with E-state index >= 15 is 0 Å². The number of nitrogens with one attached hydrogen (secondary N) is 2. The van der Waals surface area contributed by atoms with E-state index in [1.54, 1.807) is 18.2 Å². The van der Waals surface area contributed by atoms with Crippen LogP contribution < -0.4 is 10.6 Å². The van der Waals surface area contributed by atoms with E-state index in [0.717, 1.165) is 9.18 Å². The number of hydrogen-bond donors (Lipinski definition) is 2. The number of thiocarbonyl (C=S) groups is 1. The van der Waals surface area contributed by atoms with E-state index in [-0.39, 0.29) is 15.9 Å². The Morgan fingerprint density at radius 3 is 2.44 bits per heavy atom. The summed E-state index contributed by atoms with van der Waals surface area (Å²) in [5.74, 6) is -0.349. The first-order valence-corrected chi connectivity index (χ1v) is 9.88. The molecule has 132 valence electrons. The molecule has 0 atom stereocenters. The van der Waals surface area contributed by atoms with E-state index in [2.05, 4.69) is 10.6 Å². The first-order chi connectivity index (χ1) is 11.8. The molecule has 9 heteroatoms. The summed E-state index contributed by atoms with van der Waals surface area (Å²) in [4.78, 5) is 12.9. The summed E-state index contributed by atoms with van der Waals surface area (Å²) in [5, 5.41) is 7.41. The minimum Gasteiger partial charge on any atom is -0.332 e. The van der Waals surface area contributed by atoms with Gasteiger partial charge in [0, 0.05) is 30.7 Å². The summed E-state index contributed by atoms with van der Waals surface area (Å²) in [6.07, 6.45) is 3.09. The van der Waals surface area contributed by atoms with Crippen LogP contribution in [0.25, 0.3) is 6.08 Å². The van der Waals surface area contributed by atoms with Gasteiger partial charge in [-0.1, -0.05) is 6.07 Å². The molecule has 25 heavy (non-hydrogen) atoms. The lowest BCUT2D eigenvalue weighted by molar-refractivity contribution is -0.115. The van der Waals surface area contributed by atoms with Crippen molar-refractivity contribution in [2.24, 2.45) is 0 Å². The summed E-state index contributed by atoms with van der Waals surface area (Å²) in [5.41, 5.74) is 0.574. The molecule has 0 radical (unpaired) electrons. The van der Waals surface area contributed by atoms with Crippen molar-refractivity contribution >= 4 is 56.4 Å². The van der Waals surface area contributed by atoms with E-state index < -0.39 is 10.0 Å². The number of amides is 1. The maximum atomic E-state index is 12.0. The standard InChI is InChI=1S/C16H17N3O3S3/c1-19(2)25(21,22)14-8-5-12(6-9-14)17-16(23)18-15(20)10-7-13-4-3-11-24-13/h3-11H,1-2H3,(H2,17,18,20,23)/b10-7+. The Balaban J connectivity index is 1.93. The lowest BCUT2D eigenvalue weighted by Gasteiger charge is -2.12. The largest absolute Gasteiger partial charge is 0.332 e. The van der Waals surface area contributed by atoms with E-state index in [1.807, 2.05) is 17.5 Å². The Kier molecular flexibility index (Phi) is 6.43. The molecule has 1 aromatic carbocycles. The molecule has 0 spiro atoms. The highest BCUT2D eigenvalue weighted by Gasteiger charge is 2.16. The Hall–Kier alpha value is -2.07. The van der Waals surface area contributed by atoms with Gasteiger partial charge in [-0.05, 0) is 54.0 Å². The smallest absolute Gasteiger partial charge is 0.250 e. The fraction of sp³-hybridized carbons (Fsp3) is 0.125. The maximum Gasteiger partial charge on any atom is 0.250 e. The zero-order valence-corrected chi connectivity index (χ0v) is 16.0. The van der Waals surface area contributed by atoms with Crippen LogP contribution >= 0.6 is 23.6 Å². The third-order valence-electron chi connectivity index (χ3n) is 3.07. The maximum absolute atomic E-state index is 12.0. The fourth-order valence-electron chi connectivity index (χ4n) is 1.78. The zero-order chi connectivity index (χ0) is 18.4. The molecule has 1 aromatic heterocycles. The minimum atomic E-state index is -3.48. The Morgan fingerprint density at radius 2 is 1.88 bits per heavy atom. The SMILES string of the molecule is CN(C)S(=O)(=O)c1ccc(NC(=S)NC(=O)/C=C/c2cccs2)cc1. The van der Waals surface area contributed by atoms with Crippen LogP contribution in [0.1, 0.15) is 4.88 Å². The van der Waals surface area contributed by atoms with E-state index in [0.29, 0.717) is 5.69 Å². The van der Waals surface area contributed by atoms with E-state index in [4.69, 9.17) is 12.2 Å². The number of carbonyl (C=O) groups excluding carboxylic acids is 1. The van der Waals surface area contributed by atoms with Crippen molar-refractivity contribution in [3.8, 4) is 0 Å². The molecule has 0 fully saturated rings. The summed E-state index contributed by atoms with van der Waals surface area (Å²) < 4.78 is 25.1. The van der Waals surface area contributed by atoms with Crippen LogP contribution in [0.4, 0.5) is 5.69 Å². The van der Waals surface area contributed by atoms with Gasteiger partial charge >= 0.3 is 0 Å². The number of thiophene rings is 1. The summed E-state index contributed by atoms with van der Waals surface area (Å²) in [6, 6.07) is 9.90. The van der Waals surface area contributed by atoms with Gasteiger partial charge in [-0.3, -0.25) is 10.1 Å². The van der Waals surface area contributed by atoms with E-state index in [9.17, 15) is 13.2 Å². The number of carbonyl (C=O) groups is 1. The molecular weight excluding hydrogens is 378 g/mol. The molecule has 2 N–H and O–H groups in total. The summed E-state index contributed by atoms with van der Waals surface area (Å²) in [7, 11) is -0.539. The highest BCUT2D eigenvalue weighted by Crippen LogP contribution is 2.16. The molecule has 0 aliphatic heterocycles. The van der Waals surface area contributed by atoms with Gasteiger partial charge in [-0.2, -0.15) is 0 Å². The number of benzene rings is 1. The predicted molar refractivity (Wildman–Crippen MR) is 105 cm³/mol. The van der Waals surface area contributed by atoms with Crippen LogP contribution in [-0.4, -0.2) is 37.8 Å². The van der Waals surface area contributed by atoms with Gasteiger partial charge in [-0.15, -0.1) is 11.3 Å². The van der Waals surface area contributed by atoms with Gasteiger partial charge in [-0.25, -0.2) is 12.7 Å². The van der Waals surface area contributed by atoms with Crippen LogP contribution in [0.2, 0.25) is 0 Å². The van der Waals surface area contributed by atoms with Crippen LogP contribution in [0.5, 0.6) is 0 Å². The number of sulfonamides is 1. The van der Waals surface area contributed by atoms with Crippen LogP contribution in [0, 0.1) is 0 Å². The van der Waals surface area contributed by atoms with Gasteiger partial charge in [0.1, 0.15) is 0 Å². The third kappa shape index (κ3) is 5.46. The van der Waals surface area contributed by atoms with Gasteiger partial charge in [0.15, 0.2) is 5.11 Å². The minimum absolute atomic E-state index is 0.129. The van der Waals surface area contributed by atoms with Crippen molar-refractivity contribution in [3.05, 3.63) is 52.7 Å². The first kappa shape index (κ1) is 19.3. The van der Waals surface area contributed by atoms with E-state index in [1.165, 1.54) is 43.6 Å². The van der Waals surface area contributed by atoms with Crippen LogP contribution in [-0.2, 0) is 14.8 Å². The monoisotopic (exact) mass is 395 g/mol. The molecule has 0 aliphatic carbocycles. The quantitative estimate of drug-likeness (QED) is 0.601. The average molecular weight is 396 g/mol. The molecular formula is C16H17N3O3S3. The van der Waals surface area contributed by atoms with Crippen molar-refractivity contribution in [2.45, 2.75) is 4.90 Å². The molecule has 1 heterocycles. The van der Waals surface area contributed by atoms with Gasteiger partial charge in [0.2, 0.25) is 15.9 Å². The molecule has 1 amide bonds.